The summed E-state index contributed by atoms with van der Waals surface area (Å²) >= 11 is 3.06. The fourth-order valence-corrected chi connectivity index (χ4v) is 4.22. The quantitative estimate of drug-likeness (QED) is 0.206. The maximum atomic E-state index is 12.8. The van der Waals surface area contributed by atoms with E-state index in [1.807, 2.05) is 0 Å². The number of non-ortho nitro benzene ring substituents is 2. The number of carbonyl (C=O) groups is 2. The third-order valence-corrected chi connectivity index (χ3v) is 6.26. The summed E-state index contributed by atoms with van der Waals surface area (Å²) in [4.78, 5) is 74.1. The van der Waals surface area contributed by atoms with Gasteiger partial charge < -0.3 is 14.2 Å². The molecule has 1 aliphatic heterocycles. The molecule has 0 radical (unpaired) electrons. The van der Waals surface area contributed by atoms with E-state index in [0.29, 0.717) is 0 Å². The number of nitro groups is 2. The van der Waals surface area contributed by atoms with Crippen molar-refractivity contribution in [1.29, 1.82) is 0 Å². The van der Waals surface area contributed by atoms with Gasteiger partial charge in [0.05, 0.1) is 26.5 Å². The fourth-order valence-electron chi connectivity index (χ4n) is 3.93. The third kappa shape index (κ3) is 6.79. The molecule has 1 N–H and O–H groups in total. The summed E-state index contributed by atoms with van der Waals surface area (Å²) in [5.74, 6) is -1.68. The smallest absolute Gasteiger partial charge is 0.338 e. The highest BCUT2D eigenvalue weighted by Crippen LogP contribution is 2.31. The number of esters is 2. The summed E-state index contributed by atoms with van der Waals surface area (Å²) in [5, 5.41) is 21.8. The molecule has 0 unspecified atom stereocenters. The molecule has 1 aliphatic rings. The SMILES string of the molecule is O=C(OC[C@H]1O[C@@H](n2cc(/C=C/Br)c(=O)[nH]c2=O)C[C@@H]1OC(=O)c1ccc([N+](=O)[O-])cc1)c1ccc([N+](=O)[O-])cc1. The molecule has 3 aromatic rings. The summed E-state index contributed by atoms with van der Waals surface area (Å²) in [5.41, 5.74) is -1.74. The molecule has 0 amide bonds. The minimum atomic E-state index is -1.07. The van der Waals surface area contributed by atoms with Crippen molar-refractivity contribution in [2.24, 2.45) is 0 Å². The van der Waals surface area contributed by atoms with Crippen LogP contribution in [-0.2, 0) is 14.2 Å². The van der Waals surface area contributed by atoms with Crippen molar-refractivity contribution in [2.45, 2.75) is 24.9 Å². The molecule has 1 saturated heterocycles. The number of rotatable bonds is 9. The highest BCUT2D eigenvalue weighted by atomic mass is 79.9. The monoisotopic (exact) mass is 630 g/mol. The van der Waals surface area contributed by atoms with Gasteiger partial charge in [-0.15, -0.1) is 0 Å². The molecule has 1 fully saturated rings. The van der Waals surface area contributed by atoms with E-state index in [-0.39, 0.29) is 34.5 Å². The van der Waals surface area contributed by atoms with Crippen LogP contribution in [0.25, 0.3) is 6.08 Å². The number of H-pyrrole nitrogens is 1. The van der Waals surface area contributed by atoms with Gasteiger partial charge in [-0.25, -0.2) is 14.4 Å². The van der Waals surface area contributed by atoms with Crippen LogP contribution in [0, 0.1) is 20.2 Å². The maximum absolute atomic E-state index is 12.8. The van der Waals surface area contributed by atoms with Gasteiger partial charge in [0.25, 0.3) is 16.9 Å². The highest BCUT2D eigenvalue weighted by molar-refractivity contribution is 9.11. The van der Waals surface area contributed by atoms with Crippen LogP contribution < -0.4 is 11.2 Å². The lowest BCUT2D eigenvalue weighted by Crippen LogP contribution is -2.33. The van der Waals surface area contributed by atoms with Crippen LogP contribution in [0.3, 0.4) is 0 Å². The van der Waals surface area contributed by atoms with Crippen molar-refractivity contribution in [2.75, 3.05) is 6.61 Å². The van der Waals surface area contributed by atoms with E-state index in [2.05, 4.69) is 20.9 Å². The number of ether oxygens (including phenoxy) is 3. The van der Waals surface area contributed by atoms with Crippen LogP contribution in [0.5, 0.6) is 0 Å². The summed E-state index contributed by atoms with van der Waals surface area (Å²) in [6, 6.07) is 9.38. The Bertz CT molecular complexity index is 1630. The molecule has 1 aromatic heterocycles. The largest absolute Gasteiger partial charge is 0.459 e. The molecule has 0 saturated carbocycles. The third-order valence-electron chi connectivity index (χ3n) is 5.99. The van der Waals surface area contributed by atoms with Crippen LogP contribution >= 0.6 is 15.9 Å². The Hall–Kier alpha value is -4.96. The number of benzene rings is 2. The van der Waals surface area contributed by atoms with Gasteiger partial charge in [0.15, 0.2) is 0 Å². The normalized spacial score (nSPS) is 18.2. The first-order valence-electron chi connectivity index (χ1n) is 11.7. The van der Waals surface area contributed by atoms with Crippen molar-refractivity contribution < 1.29 is 33.6 Å². The first-order valence-corrected chi connectivity index (χ1v) is 12.6. The van der Waals surface area contributed by atoms with E-state index < -0.39 is 58.1 Å². The second-order valence-electron chi connectivity index (χ2n) is 8.56. The predicted molar refractivity (Wildman–Crippen MR) is 143 cm³/mol. The minimum absolute atomic E-state index is 0.00614. The molecule has 4 rings (SSSR count). The Kier molecular flexibility index (Phi) is 8.84. The van der Waals surface area contributed by atoms with Crippen LogP contribution in [-0.4, -0.2) is 50.2 Å². The summed E-state index contributed by atoms with van der Waals surface area (Å²) in [6.07, 6.45) is -0.593. The number of halogens is 1. The second kappa shape index (κ2) is 12.5. The predicted octanol–water partition coefficient (Wildman–Crippen LogP) is 3.09. The molecule has 212 valence electrons. The van der Waals surface area contributed by atoms with Crippen LogP contribution in [0.1, 0.15) is 38.9 Å². The van der Waals surface area contributed by atoms with Crippen molar-refractivity contribution in [3.63, 3.8) is 0 Å². The topological polar surface area (TPSA) is 203 Å². The molecule has 0 spiro atoms. The lowest BCUT2D eigenvalue weighted by Gasteiger charge is -2.19. The number of aromatic nitrogens is 2. The first kappa shape index (κ1) is 29.0. The molecule has 41 heavy (non-hydrogen) atoms. The number of nitrogens with zero attached hydrogens (tertiary/aromatic N) is 3. The van der Waals surface area contributed by atoms with E-state index in [4.69, 9.17) is 14.2 Å². The molecule has 15 nitrogen and oxygen atoms in total. The standard InChI is InChI=1S/C25H19BrN4O11/c26-10-9-16-12-28(25(34)27-22(16)31)21-11-19(41-24(33)15-3-7-18(8-4-15)30(37)38)20(40-21)13-39-23(32)14-1-5-17(6-2-14)29(35)36/h1-10,12,19-21H,11,13H2,(H,27,31,34)/b10-9+/t19-,20+,21+/m0/s1. The Labute approximate surface area is 237 Å². The molecule has 0 bridgehead atoms. The van der Waals surface area contributed by atoms with Gasteiger partial charge in [-0.2, -0.15) is 0 Å². The number of hydrogen-bond acceptors (Lipinski definition) is 11. The van der Waals surface area contributed by atoms with E-state index in [0.717, 1.165) is 28.8 Å². The molecule has 2 heterocycles. The number of carbonyl (C=O) groups excluding carboxylic acids is 2. The first-order chi connectivity index (χ1) is 19.6. The van der Waals surface area contributed by atoms with E-state index in [1.165, 1.54) is 41.5 Å². The lowest BCUT2D eigenvalue weighted by atomic mass is 10.1. The van der Waals surface area contributed by atoms with E-state index >= 15 is 0 Å². The maximum Gasteiger partial charge on any atom is 0.338 e. The van der Waals surface area contributed by atoms with Gasteiger partial charge in [-0.05, 0) is 35.3 Å². The Balaban J connectivity index is 1.55. The molecule has 3 atom stereocenters. The fraction of sp³-hybridized carbons (Fsp3) is 0.200. The average molecular weight is 631 g/mol. The van der Waals surface area contributed by atoms with Gasteiger partial charge in [0, 0.05) is 36.9 Å². The number of nitro benzene ring substituents is 2. The summed E-state index contributed by atoms with van der Waals surface area (Å²) in [7, 11) is 0. The lowest BCUT2D eigenvalue weighted by molar-refractivity contribution is -0.385. The molecular weight excluding hydrogens is 612 g/mol. The Morgan fingerprint density at radius 3 is 2.10 bits per heavy atom. The van der Waals surface area contributed by atoms with Crippen molar-refractivity contribution in [1.82, 2.24) is 9.55 Å². The van der Waals surface area contributed by atoms with Crippen molar-refractivity contribution in [3.8, 4) is 0 Å². The molecule has 0 aliphatic carbocycles. The molecular formula is C25H19BrN4O11. The van der Waals surface area contributed by atoms with Crippen LogP contribution in [0.2, 0.25) is 0 Å². The van der Waals surface area contributed by atoms with E-state index in [9.17, 15) is 39.4 Å². The number of hydrogen-bond donors (Lipinski definition) is 1. The van der Waals surface area contributed by atoms with Gasteiger partial charge in [0.2, 0.25) is 0 Å². The average Bonchev–Trinajstić information content (AvgIpc) is 3.35. The zero-order chi connectivity index (χ0) is 29.7. The van der Waals surface area contributed by atoms with Crippen molar-refractivity contribution >= 4 is 45.3 Å². The second-order valence-corrected chi connectivity index (χ2v) is 9.09. The van der Waals surface area contributed by atoms with E-state index in [1.54, 1.807) is 0 Å². The Morgan fingerprint density at radius 1 is 1.00 bits per heavy atom. The minimum Gasteiger partial charge on any atom is -0.459 e. The van der Waals surface area contributed by atoms with Gasteiger partial charge >= 0.3 is 17.6 Å². The zero-order valence-corrected chi connectivity index (χ0v) is 22.3. The highest BCUT2D eigenvalue weighted by Gasteiger charge is 2.40. The van der Waals surface area contributed by atoms with Crippen molar-refractivity contribution in [3.05, 3.63) is 117 Å². The van der Waals surface area contributed by atoms with Crippen LogP contribution in [0.15, 0.2) is 69.3 Å². The molecule has 2 aromatic carbocycles. The van der Waals surface area contributed by atoms with Gasteiger partial charge in [-0.3, -0.25) is 34.6 Å². The zero-order valence-electron chi connectivity index (χ0n) is 20.7. The summed E-state index contributed by atoms with van der Waals surface area (Å²) < 4.78 is 17.9. The molecule has 16 heteroatoms. The number of nitrogens with one attached hydrogen (secondary N) is 1. The van der Waals surface area contributed by atoms with Gasteiger partial charge in [-0.1, -0.05) is 15.9 Å². The number of aromatic amines is 1. The van der Waals surface area contributed by atoms with Crippen LogP contribution in [0.4, 0.5) is 11.4 Å². The Morgan fingerprint density at radius 2 is 1.56 bits per heavy atom. The summed E-state index contributed by atoms with van der Waals surface area (Å²) in [6.45, 7) is -0.434. The van der Waals surface area contributed by atoms with Gasteiger partial charge in [0.1, 0.15) is 25.0 Å².